The molecule has 1 aromatic carbocycles. The monoisotopic (exact) mass is 285 g/mol. The number of ketones is 1. The predicted molar refractivity (Wildman–Crippen MR) is 69.1 cm³/mol. The van der Waals surface area contributed by atoms with Gasteiger partial charge in [-0.1, -0.05) is 0 Å². The summed E-state index contributed by atoms with van der Waals surface area (Å²) in [6, 6.07) is 5.62. The van der Waals surface area contributed by atoms with Gasteiger partial charge in [0.05, 0.1) is 6.61 Å². The number of hydrogen-bond donors (Lipinski definition) is 1. The fourth-order valence-electron chi connectivity index (χ4n) is 1.58. The number of nitrogens with zero attached hydrogens (tertiary/aromatic N) is 1. The highest BCUT2D eigenvalue weighted by molar-refractivity contribution is 9.10. The number of carbonyl (C=O) groups excluding carboxylic acids is 1. The van der Waals surface area contributed by atoms with E-state index in [0.717, 1.165) is 16.7 Å². The Labute approximate surface area is 104 Å². The van der Waals surface area contributed by atoms with E-state index in [0.29, 0.717) is 12.1 Å². The molecular formula is C12H16BrNO2. The smallest absolute Gasteiger partial charge is 0.160 e. The van der Waals surface area contributed by atoms with Crippen molar-refractivity contribution in [2.45, 2.75) is 13.8 Å². The van der Waals surface area contributed by atoms with Crippen molar-refractivity contribution in [2.24, 2.45) is 0 Å². The van der Waals surface area contributed by atoms with Crippen LogP contribution in [0.5, 0.6) is 0 Å². The van der Waals surface area contributed by atoms with E-state index in [4.69, 9.17) is 5.11 Å². The van der Waals surface area contributed by atoms with Crippen LogP contribution in [-0.4, -0.2) is 30.6 Å². The summed E-state index contributed by atoms with van der Waals surface area (Å²) in [5.74, 6) is 0.0450. The van der Waals surface area contributed by atoms with Gasteiger partial charge in [-0.05, 0) is 48.0 Å². The Morgan fingerprint density at radius 3 is 2.62 bits per heavy atom. The SMILES string of the molecule is CCN(CCO)c1ccc(C(C)=O)c(Br)c1. The first-order valence-electron chi connectivity index (χ1n) is 5.26. The van der Waals surface area contributed by atoms with Crippen molar-refractivity contribution in [1.82, 2.24) is 0 Å². The first kappa shape index (κ1) is 13.2. The quantitative estimate of drug-likeness (QED) is 0.845. The molecule has 0 unspecified atom stereocenters. The second-order valence-electron chi connectivity index (χ2n) is 3.52. The number of aliphatic hydroxyl groups excluding tert-OH is 1. The molecule has 0 saturated heterocycles. The minimum atomic E-state index is 0.0450. The maximum absolute atomic E-state index is 11.3. The van der Waals surface area contributed by atoms with Gasteiger partial charge in [-0.15, -0.1) is 0 Å². The number of carbonyl (C=O) groups is 1. The normalized spacial score (nSPS) is 10.2. The molecule has 0 aromatic heterocycles. The molecule has 0 fully saturated rings. The average molecular weight is 286 g/mol. The summed E-state index contributed by atoms with van der Waals surface area (Å²) in [5, 5.41) is 8.93. The number of halogens is 1. The standard InChI is InChI=1S/C12H16BrNO2/c1-3-14(6-7-15)10-4-5-11(9(2)16)12(13)8-10/h4-5,8,15H,3,6-7H2,1-2H3. The van der Waals surface area contributed by atoms with Crippen LogP contribution in [0.25, 0.3) is 0 Å². The lowest BCUT2D eigenvalue weighted by atomic mass is 10.1. The van der Waals surface area contributed by atoms with Crippen molar-refractivity contribution in [3.8, 4) is 0 Å². The number of hydrogen-bond acceptors (Lipinski definition) is 3. The van der Waals surface area contributed by atoms with Gasteiger partial charge in [-0.2, -0.15) is 0 Å². The highest BCUT2D eigenvalue weighted by Gasteiger charge is 2.09. The largest absolute Gasteiger partial charge is 0.395 e. The highest BCUT2D eigenvalue weighted by atomic mass is 79.9. The number of Topliss-reactive ketones (excluding diaryl/α,β-unsaturated/α-hetero) is 1. The topological polar surface area (TPSA) is 40.5 Å². The van der Waals surface area contributed by atoms with Crippen molar-refractivity contribution in [3.63, 3.8) is 0 Å². The molecule has 0 saturated carbocycles. The zero-order chi connectivity index (χ0) is 12.1. The van der Waals surface area contributed by atoms with Gasteiger partial charge in [0.1, 0.15) is 0 Å². The molecule has 0 bridgehead atoms. The number of likely N-dealkylation sites (N-methyl/N-ethyl adjacent to an activating group) is 1. The van der Waals surface area contributed by atoms with Crippen molar-refractivity contribution in [1.29, 1.82) is 0 Å². The van der Waals surface area contributed by atoms with Crippen molar-refractivity contribution in [3.05, 3.63) is 28.2 Å². The zero-order valence-electron chi connectivity index (χ0n) is 9.53. The van der Waals surface area contributed by atoms with Crippen LogP contribution in [0.4, 0.5) is 5.69 Å². The minimum Gasteiger partial charge on any atom is -0.395 e. The number of benzene rings is 1. The Morgan fingerprint density at radius 1 is 1.50 bits per heavy atom. The molecule has 16 heavy (non-hydrogen) atoms. The Hall–Kier alpha value is -0.870. The predicted octanol–water partition coefficient (Wildman–Crippen LogP) is 2.47. The number of rotatable bonds is 5. The molecule has 0 aliphatic rings. The Morgan fingerprint density at radius 2 is 2.19 bits per heavy atom. The van der Waals surface area contributed by atoms with Gasteiger partial charge < -0.3 is 10.0 Å². The van der Waals surface area contributed by atoms with Crippen LogP contribution in [0, 0.1) is 0 Å². The zero-order valence-corrected chi connectivity index (χ0v) is 11.1. The van der Waals surface area contributed by atoms with E-state index in [9.17, 15) is 4.79 Å². The molecule has 1 rings (SSSR count). The van der Waals surface area contributed by atoms with Gasteiger partial charge >= 0.3 is 0 Å². The molecule has 0 aliphatic heterocycles. The Kier molecular flexibility index (Phi) is 4.96. The maximum atomic E-state index is 11.3. The van der Waals surface area contributed by atoms with Crippen LogP contribution in [-0.2, 0) is 0 Å². The van der Waals surface area contributed by atoms with E-state index in [2.05, 4.69) is 20.8 Å². The summed E-state index contributed by atoms with van der Waals surface area (Å²) >= 11 is 3.39. The highest BCUT2D eigenvalue weighted by Crippen LogP contribution is 2.24. The third-order valence-electron chi connectivity index (χ3n) is 2.45. The van der Waals surface area contributed by atoms with E-state index >= 15 is 0 Å². The molecule has 1 aromatic rings. The van der Waals surface area contributed by atoms with Gasteiger partial charge in [0.2, 0.25) is 0 Å². The van der Waals surface area contributed by atoms with E-state index in [1.54, 1.807) is 6.92 Å². The first-order valence-corrected chi connectivity index (χ1v) is 6.05. The summed E-state index contributed by atoms with van der Waals surface area (Å²) in [4.78, 5) is 13.3. The van der Waals surface area contributed by atoms with Crippen molar-refractivity contribution >= 4 is 27.4 Å². The van der Waals surface area contributed by atoms with Crippen LogP contribution < -0.4 is 4.90 Å². The summed E-state index contributed by atoms with van der Waals surface area (Å²) in [6.07, 6.45) is 0. The van der Waals surface area contributed by atoms with E-state index in [-0.39, 0.29) is 12.4 Å². The third kappa shape index (κ3) is 3.06. The Balaban J connectivity index is 2.99. The number of anilines is 1. The number of aliphatic hydroxyl groups is 1. The van der Waals surface area contributed by atoms with Crippen LogP contribution in [0.2, 0.25) is 0 Å². The van der Waals surface area contributed by atoms with Crippen LogP contribution >= 0.6 is 15.9 Å². The third-order valence-corrected chi connectivity index (χ3v) is 3.10. The molecule has 0 heterocycles. The van der Waals surface area contributed by atoms with Gasteiger partial charge in [-0.25, -0.2) is 0 Å². The summed E-state index contributed by atoms with van der Waals surface area (Å²) in [7, 11) is 0. The van der Waals surface area contributed by atoms with E-state index in [1.807, 2.05) is 25.1 Å². The summed E-state index contributed by atoms with van der Waals surface area (Å²) in [5.41, 5.74) is 1.69. The minimum absolute atomic E-state index is 0.0450. The van der Waals surface area contributed by atoms with E-state index < -0.39 is 0 Å². The average Bonchev–Trinajstić information content (AvgIpc) is 2.25. The van der Waals surface area contributed by atoms with Gasteiger partial charge in [-0.3, -0.25) is 4.79 Å². The summed E-state index contributed by atoms with van der Waals surface area (Å²) in [6.45, 7) is 5.13. The van der Waals surface area contributed by atoms with Gasteiger partial charge in [0, 0.05) is 28.8 Å². The summed E-state index contributed by atoms with van der Waals surface area (Å²) < 4.78 is 0.800. The fourth-order valence-corrected chi connectivity index (χ4v) is 2.22. The second-order valence-corrected chi connectivity index (χ2v) is 4.38. The first-order chi connectivity index (χ1) is 7.60. The molecule has 1 N–H and O–H groups in total. The second kappa shape index (κ2) is 6.01. The Bertz CT molecular complexity index is 379. The van der Waals surface area contributed by atoms with Crippen LogP contribution in [0.3, 0.4) is 0 Å². The fraction of sp³-hybridized carbons (Fsp3) is 0.417. The van der Waals surface area contributed by atoms with Crippen LogP contribution in [0.1, 0.15) is 24.2 Å². The van der Waals surface area contributed by atoms with Crippen LogP contribution in [0.15, 0.2) is 22.7 Å². The molecule has 0 spiro atoms. The van der Waals surface area contributed by atoms with Crippen molar-refractivity contribution in [2.75, 3.05) is 24.6 Å². The van der Waals surface area contributed by atoms with Gasteiger partial charge in [0.15, 0.2) is 5.78 Å². The molecule has 0 amide bonds. The van der Waals surface area contributed by atoms with Crippen molar-refractivity contribution < 1.29 is 9.90 Å². The van der Waals surface area contributed by atoms with Gasteiger partial charge in [0.25, 0.3) is 0 Å². The lowest BCUT2D eigenvalue weighted by molar-refractivity contribution is 0.101. The molecule has 0 radical (unpaired) electrons. The molecule has 4 heteroatoms. The lowest BCUT2D eigenvalue weighted by Crippen LogP contribution is -2.26. The molecular weight excluding hydrogens is 270 g/mol. The van der Waals surface area contributed by atoms with E-state index in [1.165, 1.54) is 0 Å². The maximum Gasteiger partial charge on any atom is 0.160 e. The lowest BCUT2D eigenvalue weighted by Gasteiger charge is -2.22. The molecule has 3 nitrogen and oxygen atoms in total. The molecule has 88 valence electrons. The molecule has 0 atom stereocenters. The molecule has 0 aliphatic carbocycles.